The van der Waals surface area contributed by atoms with E-state index < -0.39 is 0 Å². The van der Waals surface area contributed by atoms with Gasteiger partial charge in [-0.1, -0.05) is 42.5 Å². The highest BCUT2D eigenvalue weighted by atomic mass is 32.1. The van der Waals surface area contributed by atoms with Gasteiger partial charge in [0.2, 0.25) is 0 Å². The van der Waals surface area contributed by atoms with Gasteiger partial charge in [0.1, 0.15) is 0 Å². The van der Waals surface area contributed by atoms with Gasteiger partial charge in [-0.2, -0.15) is 0 Å². The molecule has 2 aromatic carbocycles. The number of para-hydroxylation sites is 1. The number of nitrogens with zero attached hydrogens (tertiary/aromatic N) is 2. The van der Waals surface area contributed by atoms with E-state index in [4.69, 9.17) is 17.2 Å². The molecule has 1 N–H and O–H groups in total. The first-order valence-corrected chi connectivity index (χ1v) is 10.4. The lowest BCUT2D eigenvalue weighted by atomic mass is 9.98. The maximum absolute atomic E-state index is 5.60. The summed E-state index contributed by atoms with van der Waals surface area (Å²) >= 11 is 7.45. The van der Waals surface area contributed by atoms with Crippen molar-refractivity contribution in [1.29, 1.82) is 0 Å². The van der Waals surface area contributed by atoms with E-state index >= 15 is 0 Å². The van der Waals surface area contributed by atoms with Crippen molar-refractivity contribution in [3.63, 3.8) is 0 Å². The summed E-state index contributed by atoms with van der Waals surface area (Å²) in [5, 5.41) is 5.60. The lowest BCUT2D eigenvalue weighted by Gasteiger charge is -2.33. The van der Waals surface area contributed by atoms with Gasteiger partial charge in [-0.25, -0.2) is 4.98 Å². The quantitative estimate of drug-likeness (QED) is 0.669. The van der Waals surface area contributed by atoms with Crippen LogP contribution in [0.1, 0.15) is 29.3 Å². The number of hydrogen-bond acceptors (Lipinski definition) is 3. The van der Waals surface area contributed by atoms with Gasteiger partial charge in [-0.05, 0) is 49.2 Å². The molecule has 4 rings (SSSR count). The van der Waals surface area contributed by atoms with Crippen molar-refractivity contribution < 1.29 is 0 Å². The number of rotatable bonds is 4. The Morgan fingerprint density at radius 1 is 1.08 bits per heavy atom. The molecule has 1 aromatic heterocycles. The number of nitrogens with one attached hydrogen (secondary N) is 1. The van der Waals surface area contributed by atoms with E-state index in [9.17, 15) is 0 Å². The van der Waals surface area contributed by atoms with Crippen LogP contribution in [-0.4, -0.2) is 34.6 Å². The zero-order valence-corrected chi connectivity index (χ0v) is 16.4. The molecule has 3 aromatic rings. The molecule has 1 aliphatic heterocycles. The third-order valence-corrected chi connectivity index (χ3v) is 6.58. The minimum Gasteiger partial charge on any atom is -0.362 e. The molecular formula is C21H23N3S2. The summed E-state index contributed by atoms with van der Waals surface area (Å²) in [4.78, 5) is 7.15. The molecule has 0 bridgehead atoms. The molecule has 0 aliphatic carbocycles. The SMILES string of the molecule is S=C(NCCc1ccccc1)N1CCC(c2nc3ccccc3s2)CC1. The zero-order chi connectivity index (χ0) is 17.8. The second-order valence-electron chi connectivity index (χ2n) is 6.75. The molecule has 0 saturated carbocycles. The Kier molecular flexibility index (Phi) is 5.46. The predicted octanol–water partition coefficient (Wildman–Crippen LogP) is 4.59. The van der Waals surface area contributed by atoms with E-state index in [1.807, 2.05) is 11.3 Å². The van der Waals surface area contributed by atoms with Crippen molar-refractivity contribution in [2.45, 2.75) is 25.2 Å². The van der Waals surface area contributed by atoms with E-state index in [1.165, 1.54) is 15.3 Å². The van der Waals surface area contributed by atoms with Gasteiger partial charge < -0.3 is 10.2 Å². The predicted molar refractivity (Wildman–Crippen MR) is 114 cm³/mol. The number of piperidine rings is 1. The third-order valence-electron chi connectivity index (χ3n) is 4.97. The van der Waals surface area contributed by atoms with E-state index in [0.29, 0.717) is 5.92 Å². The Balaban J connectivity index is 1.27. The summed E-state index contributed by atoms with van der Waals surface area (Å²) in [6.07, 6.45) is 3.25. The van der Waals surface area contributed by atoms with Crippen molar-refractivity contribution in [2.75, 3.05) is 19.6 Å². The third kappa shape index (κ3) is 4.05. The second-order valence-corrected chi connectivity index (χ2v) is 8.20. The van der Waals surface area contributed by atoms with Crippen molar-refractivity contribution in [3.05, 3.63) is 65.2 Å². The van der Waals surface area contributed by atoms with E-state index in [0.717, 1.165) is 49.5 Å². The monoisotopic (exact) mass is 381 g/mol. The zero-order valence-electron chi connectivity index (χ0n) is 14.7. The molecule has 3 nitrogen and oxygen atoms in total. The molecule has 0 amide bonds. The Morgan fingerprint density at radius 3 is 2.58 bits per heavy atom. The van der Waals surface area contributed by atoms with Crippen LogP contribution in [0, 0.1) is 0 Å². The summed E-state index contributed by atoms with van der Waals surface area (Å²) in [7, 11) is 0. The van der Waals surface area contributed by atoms with Crippen LogP contribution < -0.4 is 5.32 Å². The van der Waals surface area contributed by atoms with Crippen LogP contribution in [-0.2, 0) is 6.42 Å². The standard InChI is InChI=1S/C21H23N3S2/c25-21(22-13-10-16-6-2-1-3-7-16)24-14-11-17(12-15-24)20-23-18-8-4-5-9-19(18)26-20/h1-9,17H,10-15H2,(H,22,25). The Labute approximate surface area is 164 Å². The molecule has 0 radical (unpaired) electrons. The van der Waals surface area contributed by atoms with Gasteiger partial charge in [0, 0.05) is 25.6 Å². The van der Waals surface area contributed by atoms with E-state index in [-0.39, 0.29) is 0 Å². The summed E-state index contributed by atoms with van der Waals surface area (Å²) in [5.41, 5.74) is 2.48. The first-order chi connectivity index (χ1) is 12.8. The fourth-order valence-corrected chi connectivity index (χ4v) is 4.89. The summed E-state index contributed by atoms with van der Waals surface area (Å²) < 4.78 is 1.29. The molecule has 1 fully saturated rings. The topological polar surface area (TPSA) is 28.2 Å². The number of fused-ring (bicyclic) bond motifs is 1. The number of thiocarbonyl (C=S) groups is 1. The maximum atomic E-state index is 5.60. The molecule has 0 unspecified atom stereocenters. The van der Waals surface area contributed by atoms with Gasteiger partial charge in [0.25, 0.3) is 0 Å². The molecule has 134 valence electrons. The number of thiazole rings is 1. The van der Waals surface area contributed by atoms with Crippen LogP contribution in [0.15, 0.2) is 54.6 Å². The van der Waals surface area contributed by atoms with Crippen molar-refractivity contribution in [2.24, 2.45) is 0 Å². The highest BCUT2D eigenvalue weighted by Gasteiger charge is 2.24. The lowest BCUT2D eigenvalue weighted by Crippen LogP contribution is -2.44. The van der Waals surface area contributed by atoms with Crippen molar-refractivity contribution in [1.82, 2.24) is 15.2 Å². The smallest absolute Gasteiger partial charge is 0.168 e. The molecule has 0 spiro atoms. The lowest BCUT2D eigenvalue weighted by molar-refractivity contribution is 0.309. The number of hydrogen-bond donors (Lipinski definition) is 1. The second kappa shape index (κ2) is 8.14. The number of likely N-dealkylation sites (tertiary alicyclic amines) is 1. The highest BCUT2D eigenvalue weighted by Crippen LogP contribution is 2.33. The molecule has 2 heterocycles. The summed E-state index contributed by atoms with van der Waals surface area (Å²) in [6.45, 7) is 2.91. The van der Waals surface area contributed by atoms with E-state index in [1.54, 1.807) is 0 Å². The van der Waals surface area contributed by atoms with Crippen LogP contribution in [0.4, 0.5) is 0 Å². The van der Waals surface area contributed by atoms with Gasteiger partial charge in [-0.15, -0.1) is 11.3 Å². The molecule has 5 heteroatoms. The first-order valence-electron chi connectivity index (χ1n) is 9.22. The van der Waals surface area contributed by atoms with Crippen LogP contribution in [0.2, 0.25) is 0 Å². The Hall–Kier alpha value is -1.98. The molecule has 1 aliphatic rings. The number of aromatic nitrogens is 1. The number of benzene rings is 2. The van der Waals surface area contributed by atoms with Crippen LogP contribution in [0.25, 0.3) is 10.2 Å². The van der Waals surface area contributed by atoms with Crippen LogP contribution in [0.3, 0.4) is 0 Å². The minimum atomic E-state index is 0.566. The van der Waals surface area contributed by atoms with Crippen molar-refractivity contribution in [3.8, 4) is 0 Å². The molecular weight excluding hydrogens is 358 g/mol. The molecule has 1 saturated heterocycles. The average molecular weight is 382 g/mol. The normalized spacial score (nSPS) is 15.3. The van der Waals surface area contributed by atoms with Gasteiger partial charge in [-0.3, -0.25) is 0 Å². The molecule has 0 atom stereocenters. The van der Waals surface area contributed by atoms with Crippen molar-refractivity contribution >= 4 is 38.9 Å². The van der Waals surface area contributed by atoms with Crippen LogP contribution in [0.5, 0.6) is 0 Å². The van der Waals surface area contributed by atoms with E-state index in [2.05, 4.69) is 64.8 Å². The summed E-state index contributed by atoms with van der Waals surface area (Å²) in [5.74, 6) is 0.566. The molecule has 26 heavy (non-hydrogen) atoms. The fourth-order valence-electron chi connectivity index (χ4n) is 3.46. The maximum Gasteiger partial charge on any atom is 0.168 e. The summed E-state index contributed by atoms with van der Waals surface area (Å²) in [6, 6.07) is 19.0. The Bertz CT molecular complexity index is 834. The van der Waals surface area contributed by atoms with Gasteiger partial charge in [0.15, 0.2) is 5.11 Å². The minimum absolute atomic E-state index is 0.566. The Morgan fingerprint density at radius 2 is 1.81 bits per heavy atom. The highest BCUT2D eigenvalue weighted by molar-refractivity contribution is 7.80. The fraction of sp³-hybridized carbons (Fsp3) is 0.333. The van der Waals surface area contributed by atoms with Crippen LogP contribution >= 0.6 is 23.6 Å². The van der Waals surface area contributed by atoms with Gasteiger partial charge >= 0.3 is 0 Å². The first kappa shape index (κ1) is 17.4. The largest absolute Gasteiger partial charge is 0.362 e. The van der Waals surface area contributed by atoms with Gasteiger partial charge in [0.05, 0.1) is 15.2 Å². The average Bonchev–Trinajstić information content (AvgIpc) is 3.13.